The van der Waals surface area contributed by atoms with E-state index in [-0.39, 0.29) is 11.9 Å². The molecule has 0 heterocycles. The van der Waals surface area contributed by atoms with Gasteiger partial charge >= 0.3 is 5.97 Å². The summed E-state index contributed by atoms with van der Waals surface area (Å²) < 4.78 is 5.17. The van der Waals surface area contributed by atoms with E-state index in [1.165, 1.54) is 63.4 Å². The first-order valence-corrected chi connectivity index (χ1v) is 8.64. The van der Waals surface area contributed by atoms with Crippen LogP contribution in [0.2, 0.25) is 0 Å². The average molecular weight is 280 g/mol. The predicted molar refractivity (Wildman–Crippen MR) is 84.7 cm³/mol. The molecule has 1 unspecified atom stereocenters. The zero-order chi connectivity index (χ0) is 14.6. The topological polar surface area (TPSA) is 26.3 Å². The van der Waals surface area contributed by atoms with Gasteiger partial charge < -0.3 is 4.74 Å². The smallest absolute Gasteiger partial charge is 0.312 e. The fourth-order valence-electron chi connectivity index (χ4n) is 2.94. The molecule has 2 heteroatoms. The Morgan fingerprint density at radius 1 is 1.15 bits per heavy atom. The second-order valence-electron chi connectivity index (χ2n) is 5.95. The summed E-state index contributed by atoms with van der Waals surface area (Å²) in [5.74, 6) is 0.00221. The molecule has 2 nitrogen and oxygen atoms in total. The molecule has 1 aliphatic carbocycles. The first-order chi connectivity index (χ1) is 9.77. The lowest BCUT2D eigenvalue weighted by atomic mass is 9.99. The monoisotopic (exact) mass is 280 g/mol. The summed E-state index contributed by atoms with van der Waals surface area (Å²) in [5, 5.41) is 0. The van der Waals surface area contributed by atoms with Crippen molar-refractivity contribution in [3.63, 3.8) is 0 Å². The highest BCUT2D eigenvalue weighted by molar-refractivity contribution is 5.74. The van der Waals surface area contributed by atoms with E-state index in [1.54, 1.807) is 0 Å². The predicted octanol–water partition coefficient (Wildman–Crippen LogP) is 5.42. The van der Waals surface area contributed by atoms with E-state index in [0.717, 1.165) is 12.8 Å². The van der Waals surface area contributed by atoms with Crippen LogP contribution in [0.4, 0.5) is 0 Å². The Balaban J connectivity index is 2.32. The van der Waals surface area contributed by atoms with Crippen LogP contribution in [0.15, 0.2) is 11.6 Å². The molecule has 0 radical (unpaired) electrons. The molecular weight excluding hydrogens is 248 g/mol. The molecule has 0 aromatic carbocycles. The van der Waals surface area contributed by atoms with E-state index in [2.05, 4.69) is 13.0 Å². The minimum absolute atomic E-state index is 0.0187. The second-order valence-corrected chi connectivity index (χ2v) is 5.95. The molecule has 0 saturated heterocycles. The molecule has 0 amide bonds. The number of carbonyl (C=O) groups is 1. The van der Waals surface area contributed by atoms with Crippen LogP contribution >= 0.6 is 0 Å². The van der Waals surface area contributed by atoms with Gasteiger partial charge in [-0.3, -0.25) is 4.79 Å². The third kappa shape index (κ3) is 7.12. The van der Waals surface area contributed by atoms with Gasteiger partial charge in [0.15, 0.2) is 0 Å². The quantitative estimate of drug-likeness (QED) is 0.320. The van der Waals surface area contributed by atoms with Gasteiger partial charge in [0.25, 0.3) is 0 Å². The Morgan fingerprint density at radius 2 is 1.90 bits per heavy atom. The Hall–Kier alpha value is -0.790. The van der Waals surface area contributed by atoms with E-state index in [0.29, 0.717) is 6.61 Å². The van der Waals surface area contributed by atoms with Crippen LogP contribution in [0.1, 0.15) is 84.5 Å². The zero-order valence-electron chi connectivity index (χ0n) is 13.5. The van der Waals surface area contributed by atoms with Crippen molar-refractivity contribution in [3.8, 4) is 0 Å². The molecule has 1 rings (SSSR count). The molecule has 0 aliphatic heterocycles. The third-order valence-electron chi connectivity index (χ3n) is 4.14. The SMILES string of the molecule is CCCCCCCCC1=CC(C(=O)OCC)CCCC1. The van der Waals surface area contributed by atoms with Crippen molar-refractivity contribution in [1.82, 2.24) is 0 Å². The van der Waals surface area contributed by atoms with Crippen LogP contribution < -0.4 is 0 Å². The Morgan fingerprint density at radius 3 is 2.65 bits per heavy atom. The summed E-state index contributed by atoms with van der Waals surface area (Å²) in [6, 6.07) is 0. The van der Waals surface area contributed by atoms with Gasteiger partial charge in [-0.1, -0.05) is 57.1 Å². The highest BCUT2D eigenvalue weighted by Crippen LogP contribution is 2.26. The molecule has 20 heavy (non-hydrogen) atoms. The molecular formula is C18H32O2. The van der Waals surface area contributed by atoms with E-state index in [9.17, 15) is 4.79 Å². The number of allylic oxidation sites excluding steroid dienone is 1. The molecule has 0 spiro atoms. The third-order valence-corrected chi connectivity index (χ3v) is 4.14. The molecule has 0 aromatic rings. The number of carbonyl (C=O) groups excluding carboxylic acids is 1. The van der Waals surface area contributed by atoms with Crippen molar-refractivity contribution in [2.45, 2.75) is 84.5 Å². The van der Waals surface area contributed by atoms with Gasteiger partial charge in [-0.15, -0.1) is 0 Å². The first-order valence-electron chi connectivity index (χ1n) is 8.64. The first kappa shape index (κ1) is 17.3. The Kier molecular flexibility index (Phi) is 9.44. The average Bonchev–Trinajstić information content (AvgIpc) is 2.68. The number of ether oxygens (including phenoxy) is 1. The lowest BCUT2D eigenvalue weighted by molar-refractivity contribution is -0.146. The van der Waals surface area contributed by atoms with Crippen molar-refractivity contribution in [3.05, 3.63) is 11.6 Å². The fourth-order valence-corrected chi connectivity index (χ4v) is 2.94. The van der Waals surface area contributed by atoms with Gasteiger partial charge in [0.1, 0.15) is 0 Å². The van der Waals surface area contributed by atoms with Crippen LogP contribution in [-0.2, 0) is 9.53 Å². The Labute approximate surface area is 125 Å². The summed E-state index contributed by atoms with van der Waals surface area (Å²) in [6.45, 7) is 4.64. The number of hydrogen-bond acceptors (Lipinski definition) is 2. The number of hydrogen-bond donors (Lipinski definition) is 0. The number of esters is 1. The van der Waals surface area contributed by atoms with Crippen LogP contribution in [0.5, 0.6) is 0 Å². The van der Waals surface area contributed by atoms with Crippen molar-refractivity contribution >= 4 is 5.97 Å². The van der Waals surface area contributed by atoms with Gasteiger partial charge in [-0.2, -0.15) is 0 Å². The maximum absolute atomic E-state index is 11.9. The second kappa shape index (κ2) is 10.9. The molecule has 0 aromatic heterocycles. The molecule has 0 fully saturated rings. The molecule has 1 atom stereocenters. The standard InChI is InChI=1S/C18H32O2/c1-3-5-6-7-8-9-12-16-13-10-11-14-17(15-16)18(19)20-4-2/h15,17H,3-14H2,1-2H3. The van der Waals surface area contributed by atoms with Crippen molar-refractivity contribution in [1.29, 1.82) is 0 Å². The summed E-state index contributed by atoms with van der Waals surface area (Å²) >= 11 is 0. The number of rotatable bonds is 9. The fraction of sp³-hybridized carbons (Fsp3) is 0.833. The number of unbranched alkanes of at least 4 members (excludes halogenated alkanes) is 5. The zero-order valence-corrected chi connectivity index (χ0v) is 13.5. The lowest BCUT2D eigenvalue weighted by Gasteiger charge is -2.11. The van der Waals surface area contributed by atoms with E-state index >= 15 is 0 Å². The van der Waals surface area contributed by atoms with Crippen molar-refractivity contribution in [2.75, 3.05) is 6.61 Å². The maximum atomic E-state index is 11.9. The summed E-state index contributed by atoms with van der Waals surface area (Å²) in [5.41, 5.74) is 1.50. The molecule has 0 saturated carbocycles. The molecule has 116 valence electrons. The van der Waals surface area contributed by atoms with E-state index < -0.39 is 0 Å². The van der Waals surface area contributed by atoms with Crippen molar-refractivity contribution in [2.24, 2.45) is 5.92 Å². The van der Waals surface area contributed by atoms with Crippen LogP contribution in [0.3, 0.4) is 0 Å². The summed E-state index contributed by atoms with van der Waals surface area (Å²) in [4.78, 5) is 11.9. The highest BCUT2D eigenvalue weighted by atomic mass is 16.5. The lowest BCUT2D eigenvalue weighted by Crippen LogP contribution is -2.15. The molecule has 1 aliphatic rings. The normalized spacial score (nSPS) is 19.3. The van der Waals surface area contributed by atoms with E-state index in [1.807, 2.05) is 6.92 Å². The van der Waals surface area contributed by atoms with Gasteiger partial charge in [0.05, 0.1) is 12.5 Å². The minimum atomic E-state index is -0.0187. The molecule has 0 bridgehead atoms. The maximum Gasteiger partial charge on any atom is 0.312 e. The van der Waals surface area contributed by atoms with Crippen LogP contribution in [0.25, 0.3) is 0 Å². The van der Waals surface area contributed by atoms with E-state index in [4.69, 9.17) is 4.74 Å². The van der Waals surface area contributed by atoms with Crippen LogP contribution in [-0.4, -0.2) is 12.6 Å². The summed E-state index contributed by atoms with van der Waals surface area (Å²) in [6.07, 6.45) is 16.0. The highest BCUT2D eigenvalue weighted by Gasteiger charge is 2.20. The molecule has 0 N–H and O–H groups in total. The Bertz CT molecular complexity index is 294. The van der Waals surface area contributed by atoms with Gasteiger partial charge in [-0.25, -0.2) is 0 Å². The van der Waals surface area contributed by atoms with Gasteiger partial charge in [0.2, 0.25) is 0 Å². The van der Waals surface area contributed by atoms with Crippen LogP contribution in [0, 0.1) is 5.92 Å². The largest absolute Gasteiger partial charge is 0.466 e. The van der Waals surface area contributed by atoms with Gasteiger partial charge in [-0.05, 0) is 39.0 Å². The minimum Gasteiger partial charge on any atom is -0.466 e. The van der Waals surface area contributed by atoms with Crippen molar-refractivity contribution < 1.29 is 9.53 Å². The summed E-state index contributed by atoms with van der Waals surface area (Å²) in [7, 11) is 0. The van der Waals surface area contributed by atoms with Gasteiger partial charge in [0, 0.05) is 0 Å².